The number of nitrogens with one attached hydrogen (secondary N) is 3. The van der Waals surface area contributed by atoms with Crippen LogP contribution >= 0.6 is 0 Å². The van der Waals surface area contributed by atoms with Gasteiger partial charge in [0, 0.05) is 47.9 Å². The Morgan fingerprint density at radius 1 is 1.05 bits per heavy atom. The Bertz CT molecular complexity index is 1450. The summed E-state index contributed by atoms with van der Waals surface area (Å²) in [7, 11) is 0. The quantitative estimate of drug-likeness (QED) is 0.289. The number of hydrogen-bond acceptors (Lipinski definition) is 4. The molecule has 8 heteroatoms. The van der Waals surface area contributed by atoms with Gasteiger partial charge in [0.15, 0.2) is 0 Å². The molecule has 6 nitrogen and oxygen atoms in total. The maximum atomic E-state index is 14.3. The zero-order chi connectivity index (χ0) is 25.5. The number of piperidine rings is 1. The van der Waals surface area contributed by atoms with Crippen molar-refractivity contribution in [3.05, 3.63) is 72.4 Å². The molecule has 0 radical (unpaired) electrons. The minimum absolute atomic E-state index is 0.0337. The molecular formula is C29H29F2N5O. The number of hydrogen-bond donors (Lipinski definition) is 3. The first-order valence-electron chi connectivity index (χ1n) is 12.8. The summed E-state index contributed by atoms with van der Waals surface area (Å²) < 4.78 is 27.6. The van der Waals surface area contributed by atoms with Crippen molar-refractivity contribution in [3.63, 3.8) is 0 Å². The summed E-state index contributed by atoms with van der Waals surface area (Å²) in [6.45, 7) is 2.77. The SMILES string of the molecule is C[C@H]1CC(Nc2ccc(-c3cc(NC(=O)C4CC4)nc4[nH]ccc34)cc2)CCN1c1ccc(F)cc1F. The zero-order valence-electron chi connectivity index (χ0n) is 20.6. The monoisotopic (exact) mass is 501 g/mol. The van der Waals surface area contributed by atoms with E-state index in [0.29, 0.717) is 18.1 Å². The Morgan fingerprint density at radius 3 is 2.59 bits per heavy atom. The largest absolute Gasteiger partial charge is 0.382 e. The fourth-order valence-electron chi connectivity index (χ4n) is 5.27. The van der Waals surface area contributed by atoms with Crippen LogP contribution in [0.15, 0.2) is 60.8 Å². The molecular weight excluding hydrogens is 472 g/mol. The van der Waals surface area contributed by atoms with Crippen LogP contribution in [0.4, 0.5) is 26.0 Å². The molecule has 0 spiro atoms. The van der Waals surface area contributed by atoms with Gasteiger partial charge < -0.3 is 20.5 Å². The van der Waals surface area contributed by atoms with E-state index in [1.54, 1.807) is 0 Å². The predicted octanol–water partition coefficient (Wildman–Crippen LogP) is 6.33. The number of pyridine rings is 1. The van der Waals surface area contributed by atoms with Gasteiger partial charge >= 0.3 is 0 Å². The molecule has 4 aromatic rings. The second kappa shape index (κ2) is 9.50. The third kappa shape index (κ3) is 4.88. The van der Waals surface area contributed by atoms with Crippen LogP contribution in [0.5, 0.6) is 0 Å². The van der Waals surface area contributed by atoms with E-state index in [4.69, 9.17) is 0 Å². The molecule has 1 saturated carbocycles. The third-order valence-corrected chi connectivity index (χ3v) is 7.39. The van der Waals surface area contributed by atoms with Gasteiger partial charge in [-0.25, -0.2) is 13.8 Å². The normalized spacial score (nSPS) is 19.7. The minimum atomic E-state index is -0.558. The van der Waals surface area contributed by atoms with Gasteiger partial charge in [0.2, 0.25) is 5.91 Å². The summed E-state index contributed by atoms with van der Waals surface area (Å²) in [6.07, 6.45) is 5.44. The van der Waals surface area contributed by atoms with E-state index < -0.39 is 11.6 Å². The molecule has 3 N–H and O–H groups in total. The molecule has 2 atom stereocenters. The number of carbonyl (C=O) groups excluding carboxylic acids is 1. The first-order chi connectivity index (χ1) is 17.9. The summed E-state index contributed by atoms with van der Waals surface area (Å²) in [5.74, 6) is -0.373. The number of aromatic amines is 1. The van der Waals surface area contributed by atoms with Crippen molar-refractivity contribution in [2.24, 2.45) is 5.92 Å². The van der Waals surface area contributed by atoms with Crippen molar-refractivity contribution in [2.45, 2.75) is 44.7 Å². The number of aromatic nitrogens is 2. The highest BCUT2D eigenvalue weighted by Gasteiger charge is 2.30. The van der Waals surface area contributed by atoms with E-state index in [-0.39, 0.29) is 23.9 Å². The van der Waals surface area contributed by atoms with Crippen LogP contribution in [0.25, 0.3) is 22.2 Å². The van der Waals surface area contributed by atoms with Gasteiger partial charge in [0.25, 0.3) is 0 Å². The van der Waals surface area contributed by atoms with Crippen molar-refractivity contribution in [1.82, 2.24) is 9.97 Å². The number of H-pyrrole nitrogens is 1. The summed E-state index contributed by atoms with van der Waals surface area (Å²) in [5.41, 5.74) is 4.26. The van der Waals surface area contributed by atoms with Crippen molar-refractivity contribution >= 4 is 34.1 Å². The molecule has 1 aliphatic carbocycles. The molecule has 1 aliphatic heterocycles. The highest BCUT2D eigenvalue weighted by molar-refractivity contribution is 5.99. The highest BCUT2D eigenvalue weighted by Crippen LogP contribution is 2.34. The topological polar surface area (TPSA) is 73.0 Å². The molecule has 1 saturated heterocycles. The minimum Gasteiger partial charge on any atom is -0.382 e. The lowest BCUT2D eigenvalue weighted by molar-refractivity contribution is -0.117. The molecule has 6 rings (SSSR count). The molecule has 1 unspecified atom stereocenters. The van der Waals surface area contributed by atoms with Crippen LogP contribution in [0.2, 0.25) is 0 Å². The molecule has 190 valence electrons. The summed E-state index contributed by atoms with van der Waals surface area (Å²) >= 11 is 0. The molecule has 2 aromatic heterocycles. The number of halogens is 2. The Morgan fingerprint density at radius 2 is 1.86 bits per heavy atom. The standard InChI is InChI=1S/C29H29F2N5O/c1-17-14-22(11-13-36(17)26-9-6-20(30)15-25(26)31)33-21-7-4-18(5-8-21)24-16-27(35-29(37)19-2-3-19)34-28-23(24)10-12-32-28/h4-10,12,15-17,19,22,33H,2-3,11,13-14H2,1H3,(H2,32,34,35,37)/t17-,22?/m0/s1. The summed E-state index contributed by atoms with van der Waals surface area (Å²) in [6, 6.07) is 16.4. The summed E-state index contributed by atoms with van der Waals surface area (Å²) in [5, 5.41) is 7.58. The fraction of sp³-hybridized carbons (Fsp3) is 0.310. The Labute approximate surface area is 214 Å². The van der Waals surface area contributed by atoms with Crippen LogP contribution in [0, 0.1) is 17.6 Å². The average Bonchev–Trinajstić information content (AvgIpc) is 3.63. The van der Waals surface area contributed by atoms with Crippen LogP contribution in [0.1, 0.15) is 32.6 Å². The molecule has 2 fully saturated rings. The molecule has 1 amide bonds. The molecule has 3 heterocycles. The van der Waals surface area contributed by atoms with Gasteiger partial charge in [-0.3, -0.25) is 4.79 Å². The van der Waals surface area contributed by atoms with E-state index in [9.17, 15) is 13.6 Å². The Balaban J connectivity index is 1.15. The van der Waals surface area contributed by atoms with E-state index in [0.717, 1.165) is 59.6 Å². The van der Waals surface area contributed by atoms with E-state index in [2.05, 4.69) is 51.8 Å². The molecule has 2 aliphatic rings. The number of anilines is 3. The lowest BCUT2D eigenvalue weighted by Crippen LogP contribution is -2.45. The summed E-state index contributed by atoms with van der Waals surface area (Å²) in [4.78, 5) is 22.0. The van der Waals surface area contributed by atoms with E-state index in [1.807, 2.05) is 23.2 Å². The fourth-order valence-corrected chi connectivity index (χ4v) is 5.27. The zero-order valence-corrected chi connectivity index (χ0v) is 20.6. The van der Waals surface area contributed by atoms with Gasteiger partial charge in [-0.15, -0.1) is 0 Å². The molecule has 37 heavy (non-hydrogen) atoms. The van der Waals surface area contributed by atoms with Crippen molar-refractivity contribution in [3.8, 4) is 11.1 Å². The van der Waals surface area contributed by atoms with E-state index >= 15 is 0 Å². The van der Waals surface area contributed by atoms with Crippen molar-refractivity contribution < 1.29 is 13.6 Å². The predicted molar refractivity (Wildman–Crippen MR) is 143 cm³/mol. The number of rotatable bonds is 6. The Kier molecular flexibility index (Phi) is 6.02. The lowest BCUT2D eigenvalue weighted by Gasteiger charge is -2.40. The molecule has 0 bridgehead atoms. The smallest absolute Gasteiger partial charge is 0.228 e. The van der Waals surface area contributed by atoms with Gasteiger partial charge in [-0.2, -0.15) is 0 Å². The highest BCUT2D eigenvalue weighted by atomic mass is 19.1. The maximum Gasteiger partial charge on any atom is 0.228 e. The number of fused-ring (bicyclic) bond motifs is 1. The van der Waals surface area contributed by atoms with Crippen molar-refractivity contribution in [1.29, 1.82) is 0 Å². The number of carbonyl (C=O) groups is 1. The number of nitrogens with zero attached hydrogens (tertiary/aromatic N) is 2. The molecule has 2 aromatic carbocycles. The van der Waals surface area contributed by atoms with Gasteiger partial charge in [0.1, 0.15) is 23.1 Å². The van der Waals surface area contributed by atoms with Crippen LogP contribution in [-0.4, -0.2) is 34.5 Å². The Hall–Kier alpha value is -3.94. The van der Waals surface area contributed by atoms with E-state index in [1.165, 1.54) is 12.1 Å². The van der Waals surface area contributed by atoms with Crippen LogP contribution < -0.4 is 15.5 Å². The second-order valence-corrected chi connectivity index (χ2v) is 10.1. The van der Waals surface area contributed by atoms with Gasteiger partial charge in [0.05, 0.1) is 5.69 Å². The first-order valence-corrected chi connectivity index (χ1v) is 12.8. The number of amides is 1. The van der Waals surface area contributed by atoms with Crippen molar-refractivity contribution in [2.75, 3.05) is 22.1 Å². The van der Waals surface area contributed by atoms with Gasteiger partial charge in [-0.05, 0) is 80.1 Å². The van der Waals surface area contributed by atoms with Crippen LogP contribution in [0.3, 0.4) is 0 Å². The first kappa shape index (κ1) is 23.5. The number of benzene rings is 2. The lowest BCUT2D eigenvalue weighted by atomic mass is 9.96. The van der Waals surface area contributed by atoms with Gasteiger partial charge in [-0.1, -0.05) is 12.1 Å². The van der Waals surface area contributed by atoms with Crippen LogP contribution in [-0.2, 0) is 4.79 Å². The third-order valence-electron chi connectivity index (χ3n) is 7.39. The average molecular weight is 502 g/mol. The maximum absolute atomic E-state index is 14.3. The second-order valence-electron chi connectivity index (χ2n) is 10.1.